The Morgan fingerprint density at radius 1 is 1.29 bits per heavy atom. The molecule has 0 aliphatic carbocycles. The van der Waals surface area contributed by atoms with Gasteiger partial charge in [0.1, 0.15) is 18.0 Å². The normalized spacial score (nSPS) is 10.5. The molecule has 0 aliphatic rings. The van der Waals surface area contributed by atoms with E-state index >= 15 is 0 Å². The summed E-state index contributed by atoms with van der Waals surface area (Å²) in [5.41, 5.74) is 5.70. The molecule has 3 aromatic rings. The first kappa shape index (κ1) is 15.8. The third-order valence-electron chi connectivity index (χ3n) is 3.74. The topological polar surface area (TPSA) is 50.3 Å². The molecule has 0 atom stereocenters. The summed E-state index contributed by atoms with van der Waals surface area (Å²) in [4.78, 5) is 4.72. The first-order chi connectivity index (χ1) is 11.6. The van der Waals surface area contributed by atoms with Gasteiger partial charge < -0.3 is 9.14 Å². The summed E-state index contributed by atoms with van der Waals surface area (Å²) < 4.78 is 7.62. The third-order valence-corrected chi connectivity index (χ3v) is 3.74. The van der Waals surface area contributed by atoms with E-state index < -0.39 is 0 Å². The Labute approximate surface area is 141 Å². The van der Waals surface area contributed by atoms with Gasteiger partial charge in [0, 0.05) is 11.8 Å². The molecule has 2 aromatic heterocycles. The van der Waals surface area contributed by atoms with Crippen molar-refractivity contribution in [1.29, 1.82) is 5.26 Å². The van der Waals surface area contributed by atoms with E-state index in [1.54, 1.807) is 0 Å². The number of hydrogen-bond acceptors (Lipinski definition) is 3. The van der Waals surface area contributed by atoms with Crippen LogP contribution in [0.2, 0.25) is 0 Å². The van der Waals surface area contributed by atoms with Crippen LogP contribution in [0.15, 0.2) is 54.7 Å². The van der Waals surface area contributed by atoms with Crippen molar-refractivity contribution in [2.45, 2.75) is 20.3 Å². The molecule has 0 saturated heterocycles. The Hall–Kier alpha value is -3.06. The fourth-order valence-corrected chi connectivity index (χ4v) is 2.59. The van der Waals surface area contributed by atoms with Gasteiger partial charge in [0.2, 0.25) is 0 Å². The molecule has 24 heavy (non-hydrogen) atoms. The highest BCUT2D eigenvalue weighted by Gasteiger charge is 2.14. The van der Waals surface area contributed by atoms with Crippen molar-refractivity contribution < 1.29 is 4.74 Å². The molecule has 0 amide bonds. The molecular weight excluding hydrogens is 298 g/mol. The van der Waals surface area contributed by atoms with Gasteiger partial charge in [-0.2, -0.15) is 5.26 Å². The molecular formula is C20H19N3O. The summed E-state index contributed by atoms with van der Waals surface area (Å²) in [6, 6.07) is 14.1. The lowest BCUT2D eigenvalue weighted by molar-refractivity contribution is 0.353. The summed E-state index contributed by atoms with van der Waals surface area (Å²) in [7, 11) is 0. The lowest BCUT2D eigenvalue weighted by atomic mass is 10.1. The zero-order valence-corrected chi connectivity index (χ0v) is 13.9. The van der Waals surface area contributed by atoms with Crippen molar-refractivity contribution in [1.82, 2.24) is 9.38 Å². The summed E-state index contributed by atoms with van der Waals surface area (Å²) >= 11 is 0. The number of ether oxygens (including phenoxy) is 1. The molecule has 0 aliphatic heterocycles. The average molecular weight is 317 g/mol. The van der Waals surface area contributed by atoms with Crippen molar-refractivity contribution in [3.05, 3.63) is 66.0 Å². The second kappa shape index (κ2) is 6.59. The first-order valence-corrected chi connectivity index (χ1v) is 7.80. The highest BCUT2D eigenvalue weighted by molar-refractivity contribution is 5.68. The molecule has 0 spiro atoms. The highest BCUT2D eigenvalue weighted by Crippen LogP contribution is 2.27. The molecule has 0 saturated carbocycles. The third kappa shape index (κ3) is 3.16. The van der Waals surface area contributed by atoms with E-state index in [9.17, 15) is 5.26 Å². The van der Waals surface area contributed by atoms with Crippen molar-refractivity contribution in [3.63, 3.8) is 0 Å². The predicted octanol–water partition coefficient (Wildman–Crippen LogP) is 4.33. The zero-order valence-electron chi connectivity index (χ0n) is 13.9. The number of nitriles is 1. The van der Waals surface area contributed by atoms with Crippen molar-refractivity contribution in [2.24, 2.45) is 0 Å². The molecule has 3 rings (SSSR count). The van der Waals surface area contributed by atoms with Crippen LogP contribution in [-0.2, 0) is 6.42 Å². The summed E-state index contributed by atoms with van der Waals surface area (Å²) in [6.45, 7) is 8.30. The summed E-state index contributed by atoms with van der Waals surface area (Å²) in [5.74, 6) is 0.795. The van der Waals surface area contributed by atoms with Gasteiger partial charge in [-0.25, -0.2) is 4.98 Å². The van der Waals surface area contributed by atoms with Crippen molar-refractivity contribution in [2.75, 3.05) is 6.61 Å². The number of benzene rings is 1. The van der Waals surface area contributed by atoms with Crippen LogP contribution in [0.3, 0.4) is 0 Å². The predicted molar refractivity (Wildman–Crippen MR) is 95.0 cm³/mol. The SMILES string of the molecule is C=C(C)COc1ccc(-c2nc3cc(C)ccn3c2CC#N)cc1. The fraction of sp³-hybridized carbons (Fsp3) is 0.200. The monoisotopic (exact) mass is 317 g/mol. The second-order valence-corrected chi connectivity index (χ2v) is 5.94. The second-order valence-electron chi connectivity index (χ2n) is 5.94. The van der Waals surface area contributed by atoms with Gasteiger partial charge in [-0.05, 0) is 61.4 Å². The van der Waals surface area contributed by atoms with Crippen LogP contribution in [0, 0.1) is 18.3 Å². The van der Waals surface area contributed by atoms with Crippen molar-refractivity contribution in [3.8, 4) is 23.1 Å². The maximum Gasteiger partial charge on any atom is 0.137 e. The fourth-order valence-electron chi connectivity index (χ4n) is 2.59. The number of hydrogen-bond donors (Lipinski definition) is 0. The number of pyridine rings is 1. The Bertz CT molecular complexity index is 930. The van der Waals surface area contributed by atoms with Gasteiger partial charge in [0.15, 0.2) is 0 Å². The maximum atomic E-state index is 9.17. The van der Waals surface area contributed by atoms with Gasteiger partial charge >= 0.3 is 0 Å². The highest BCUT2D eigenvalue weighted by atomic mass is 16.5. The molecule has 0 radical (unpaired) electrons. The molecule has 4 nitrogen and oxygen atoms in total. The molecule has 120 valence electrons. The number of aryl methyl sites for hydroxylation is 1. The van der Waals surface area contributed by atoms with Crippen LogP contribution >= 0.6 is 0 Å². The number of imidazole rings is 1. The first-order valence-electron chi connectivity index (χ1n) is 7.80. The Morgan fingerprint density at radius 3 is 2.71 bits per heavy atom. The van der Waals surface area contributed by atoms with Gasteiger partial charge in [-0.1, -0.05) is 6.58 Å². The van der Waals surface area contributed by atoms with Crippen LogP contribution in [0.1, 0.15) is 18.2 Å². The Balaban J connectivity index is 2.00. The summed E-state index contributed by atoms with van der Waals surface area (Å²) in [5, 5.41) is 9.17. The lowest BCUT2D eigenvalue weighted by Gasteiger charge is -2.07. The minimum absolute atomic E-state index is 0.313. The van der Waals surface area contributed by atoms with Gasteiger partial charge in [0.25, 0.3) is 0 Å². The molecule has 0 fully saturated rings. The number of rotatable bonds is 5. The molecule has 1 aromatic carbocycles. The number of nitrogens with zero attached hydrogens (tertiary/aromatic N) is 3. The van der Waals surface area contributed by atoms with Crippen LogP contribution in [0.4, 0.5) is 0 Å². The van der Waals surface area contributed by atoms with E-state index in [0.717, 1.165) is 39.5 Å². The van der Waals surface area contributed by atoms with E-state index in [1.165, 1.54) is 0 Å². The van der Waals surface area contributed by atoms with E-state index in [1.807, 2.05) is 60.8 Å². The zero-order chi connectivity index (χ0) is 17.1. The smallest absolute Gasteiger partial charge is 0.137 e. The minimum Gasteiger partial charge on any atom is -0.489 e. The van der Waals surface area contributed by atoms with Gasteiger partial charge in [-0.3, -0.25) is 0 Å². The Morgan fingerprint density at radius 2 is 2.04 bits per heavy atom. The maximum absolute atomic E-state index is 9.17. The van der Waals surface area contributed by atoms with Crippen LogP contribution in [-0.4, -0.2) is 16.0 Å². The average Bonchev–Trinajstić information content (AvgIpc) is 2.91. The lowest BCUT2D eigenvalue weighted by Crippen LogP contribution is -1.97. The van der Waals surface area contributed by atoms with Crippen LogP contribution in [0.5, 0.6) is 5.75 Å². The quantitative estimate of drug-likeness (QED) is 0.658. The molecule has 0 bridgehead atoms. The molecule has 0 unspecified atom stereocenters. The Kier molecular flexibility index (Phi) is 4.35. The van der Waals surface area contributed by atoms with E-state index in [2.05, 4.69) is 12.6 Å². The van der Waals surface area contributed by atoms with Crippen LogP contribution < -0.4 is 4.74 Å². The largest absolute Gasteiger partial charge is 0.489 e. The van der Waals surface area contributed by atoms with E-state index in [-0.39, 0.29) is 0 Å². The number of fused-ring (bicyclic) bond motifs is 1. The molecule has 2 heterocycles. The van der Waals surface area contributed by atoms with Gasteiger partial charge in [0.05, 0.1) is 23.9 Å². The minimum atomic E-state index is 0.313. The molecule has 0 N–H and O–H groups in total. The standard InChI is InChI=1S/C20H19N3O/c1-14(2)13-24-17-6-4-16(5-7-17)20-18(8-10-21)23-11-9-15(3)12-19(23)22-20/h4-7,9,11-12H,1,8,13H2,2-3H3. The van der Waals surface area contributed by atoms with Gasteiger partial charge in [-0.15, -0.1) is 0 Å². The van der Waals surface area contributed by atoms with Crippen molar-refractivity contribution >= 4 is 5.65 Å². The summed E-state index contributed by atoms with van der Waals surface area (Å²) in [6.07, 6.45) is 2.28. The van der Waals surface area contributed by atoms with E-state index in [4.69, 9.17) is 9.72 Å². The molecule has 4 heteroatoms. The van der Waals surface area contributed by atoms with Crippen LogP contribution in [0.25, 0.3) is 16.9 Å². The number of aromatic nitrogens is 2. The van der Waals surface area contributed by atoms with E-state index in [0.29, 0.717) is 13.0 Å².